The Morgan fingerprint density at radius 2 is 1.37 bits per heavy atom. The molecule has 2 aromatic carbocycles. The van der Waals surface area contributed by atoms with Crippen molar-refractivity contribution < 1.29 is 56.3 Å². The van der Waals surface area contributed by atoms with Gasteiger partial charge in [-0.05, 0) is 53.7 Å². The molecule has 52 heavy (non-hydrogen) atoms. The summed E-state index contributed by atoms with van der Waals surface area (Å²) in [6.07, 6.45) is 6.44. The summed E-state index contributed by atoms with van der Waals surface area (Å²) in [4.78, 5) is 21.0. The van der Waals surface area contributed by atoms with Gasteiger partial charge in [-0.25, -0.2) is 4.98 Å². The first-order chi connectivity index (χ1) is 23.5. The molecule has 1 N–H and O–H groups in total. The average molecular weight is 942 g/mol. The molecule has 0 saturated carbocycles. The number of allylic oxidation sites excluding steroid dienone is 2. The van der Waals surface area contributed by atoms with Crippen LogP contribution < -0.4 is 10.4 Å². The number of nitrogens with zero attached hydrogens (tertiary/aromatic N) is 2. The Hall–Kier alpha value is -2.60. The van der Waals surface area contributed by atoms with E-state index >= 15 is 0 Å². The molecule has 1 aliphatic heterocycles. The van der Waals surface area contributed by atoms with E-state index in [1.807, 2.05) is 62.3 Å². The van der Waals surface area contributed by atoms with Crippen molar-refractivity contribution in [3.05, 3.63) is 59.6 Å². The van der Waals surface area contributed by atoms with Crippen molar-refractivity contribution in [1.82, 2.24) is 9.97 Å². The Morgan fingerprint density at radius 1 is 0.827 bits per heavy atom. The van der Waals surface area contributed by atoms with Crippen molar-refractivity contribution in [3.63, 3.8) is 0 Å². The van der Waals surface area contributed by atoms with Crippen LogP contribution in [0.1, 0.15) is 99.1 Å². The average Bonchev–Trinajstić information content (AvgIpc) is 3.39. The number of rotatable bonds is 8. The van der Waals surface area contributed by atoms with E-state index in [2.05, 4.69) is 16.0 Å². The van der Waals surface area contributed by atoms with Crippen LogP contribution in [-0.2, 0) is 31.3 Å². The maximum Gasteiger partial charge on any atom is 0.372 e. The molecule has 1 aliphatic rings. The molecule has 0 unspecified atom stereocenters. The van der Waals surface area contributed by atoms with E-state index in [9.17, 15) is 36.2 Å². The molecule has 3 heterocycles. The third kappa shape index (κ3) is 7.53. The molecule has 0 amide bonds. The summed E-state index contributed by atoms with van der Waals surface area (Å²) >= 11 is 1.13. The van der Waals surface area contributed by atoms with Crippen LogP contribution in [0.15, 0.2) is 42.4 Å². The van der Waals surface area contributed by atoms with Crippen molar-refractivity contribution in [2.24, 2.45) is 16.2 Å². The van der Waals surface area contributed by atoms with Crippen molar-refractivity contribution in [3.8, 4) is 11.3 Å². The molecule has 0 bridgehead atoms. The molecule has 4 aromatic rings. The minimum atomic E-state index is -6.39. The van der Waals surface area contributed by atoms with Crippen molar-refractivity contribution in [1.29, 1.82) is 0 Å². The third-order valence-corrected chi connectivity index (χ3v) is 16.1. The first-order valence-electron chi connectivity index (χ1n) is 17.3. The summed E-state index contributed by atoms with van der Waals surface area (Å²) in [5, 5.41) is 8.90. The van der Waals surface area contributed by atoms with Gasteiger partial charge in [-0.3, -0.25) is 9.78 Å². The number of thiophene rings is 1. The van der Waals surface area contributed by atoms with Gasteiger partial charge < -0.3 is 5.11 Å². The van der Waals surface area contributed by atoms with Crippen molar-refractivity contribution in [2.45, 2.75) is 113 Å². The zero-order valence-corrected chi connectivity index (χ0v) is 35.5. The van der Waals surface area contributed by atoms with Crippen LogP contribution in [0.25, 0.3) is 31.6 Å². The van der Waals surface area contributed by atoms with Crippen LogP contribution in [0.4, 0.5) is 26.3 Å². The largest absolute Gasteiger partial charge is 0.512 e. The maximum atomic E-state index is 15.0. The first kappa shape index (κ1) is 43.8. The van der Waals surface area contributed by atoms with E-state index in [1.54, 1.807) is 6.92 Å². The molecule has 0 saturated heterocycles. The Labute approximate surface area is 320 Å². The molecule has 0 atom stereocenters. The fraction of sp³-hybridized carbons (Fsp3) is 0.513. The van der Waals surface area contributed by atoms with Gasteiger partial charge in [0, 0.05) is 52.8 Å². The summed E-state index contributed by atoms with van der Waals surface area (Å²) in [7, 11) is -6.39. The number of aliphatic hydroxyl groups is 1. The number of hydrogen-bond donors (Lipinski definition) is 1. The molecule has 0 fully saturated rings. The third-order valence-electron chi connectivity index (χ3n) is 10.8. The van der Waals surface area contributed by atoms with E-state index in [0.717, 1.165) is 49.2 Å². The predicted octanol–water partition coefficient (Wildman–Crippen LogP) is 10.9. The number of hydrogen-bond acceptors (Lipinski definition) is 5. The molecule has 4 nitrogen and oxygen atoms in total. The standard InChI is InChI=1S/C24H19F6N2SSi.C15H28O2.Ir/c1-12-5-7-15-14(9-12)19-18-17-16(34(15,23(25,26)27)24(28,29)30)8-6-13(10-22(2,3)4)20(17)33-21(18)32-11-31-19;1-7-14(5,8-2)12(16)11-13(17)15(6,9-3)10-4;/h5-8,11H,10H2,1-4H3;11,16H,7-10H2,1-6H3;/q-1;;/b;12-11-;. The molecule has 1 radical (unpaired) electrons. The summed E-state index contributed by atoms with van der Waals surface area (Å²) in [6, 6.07) is 7.54. The van der Waals surface area contributed by atoms with Crippen molar-refractivity contribution >= 4 is 55.9 Å². The van der Waals surface area contributed by atoms with Gasteiger partial charge in [-0.2, -0.15) is 26.3 Å². The van der Waals surface area contributed by atoms with Gasteiger partial charge in [0.25, 0.3) is 0 Å². The summed E-state index contributed by atoms with van der Waals surface area (Å²) in [5.74, 6) is -10.8. The number of alkyl halides is 6. The second-order valence-electron chi connectivity index (χ2n) is 15.3. The summed E-state index contributed by atoms with van der Waals surface area (Å²) < 4.78 is 90.2. The number of carbonyl (C=O) groups excluding carboxylic acids is 1. The second kappa shape index (κ2) is 15.3. The number of aryl methyl sites for hydroxylation is 1. The second-order valence-corrected chi connectivity index (χ2v) is 20.0. The Bertz CT molecular complexity index is 1960. The Balaban J connectivity index is 0.000000347. The number of halogens is 6. The van der Waals surface area contributed by atoms with Gasteiger partial charge in [0.1, 0.15) is 16.9 Å². The van der Waals surface area contributed by atoms with Crippen LogP contribution in [0.5, 0.6) is 0 Å². The molecule has 287 valence electrons. The molecular weight excluding hydrogens is 895 g/mol. The zero-order chi connectivity index (χ0) is 38.5. The smallest absolute Gasteiger partial charge is 0.372 e. The molecule has 13 heteroatoms. The van der Waals surface area contributed by atoms with E-state index in [-0.39, 0.29) is 69.9 Å². The number of ketones is 1. The van der Waals surface area contributed by atoms with Crippen LogP contribution >= 0.6 is 11.3 Å². The topological polar surface area (TPSA) is 63.1 Å². The van der Waals surface area contributed by atoms with Gasteiger partial charge in [0.2, 0.25) is 0 Å². The quantitative estimate of drug-likeness (QED) is 0.0629. The minimum Gasteiger partial charge on any atom is -0.512 e. The van der Waals surface area contributed by atoms with E-state index < -0.39 is 30.0 Å². The normalized spacial score (nSPS) is 14.8. The van der Waals surface area contributed by atoms with Crippen LogP contribution in [-0.4, -0.2) is 40.5 Å². The number of fused-ring (bicyclic) bond motifs is 2. The van der Waals surface area contributed by atoms with Gasteiger partial charge in [-0.15, -0.1) is 45.8 Å². The fourth-order valence-electron chi connectivity index (χ4n) is 6.67. The molecule has 0 spiro atoms. The number of carbonyl (C=O) groups is 1. The molecular formula is C39H47F6IrN2O2SSi-. The fourth-order valence-corrected chi connectivity index (χ4v) is 11.6. The monoisotopic (exact) mass is 942 g/mol. The van der Waals surface area contributed by atoms with E-state index in [4.69, 9.17) is 0 Å². The SMILES string of the molecule is CCC(C)(CC)C(=O)/C=C(\O)C(C)(CC)CC.Cc1[c-]c2c(cc1)[Si](C(F)(F)F)(C(F)(F)F)c1ccc(CC(C)(C)C)c3sc4ncnc-2c4c13.[Ir]. The van der Waals surface area contributed by atoms with Gasteiger partial charge >= 0.3 is 19.7 Å². The van der Waals surface area contributed by atoms with Crippen molar-refractivity contribution in [2.75, 3.05) is 0 Å². The maximum absolute atomic E-state index is 15.0. The molecule has 0 aliphatic carbocycles. The van der Waals surface area contributed by atoms with E-state index in [0.29, 0.717) is 27.1 Å². The van der Waals surface area contributed by atoms with Gasteiger partial charge in [0.15, 0.2) is 5.78 Å². The first-order valence-corrected chi connectivity index (χ1v) is 20.1. The number of benzene rings is 2. The predicted molar refractivity (Wildman–Crippen MR) is 197 cm³/mol. The molecule has 5 rings (SSSR count). The summed E-state index contributed by atoms with van der Waals surface area (Å²) in [6.45, 7) is 19.6. The molecule has 2 aromatic heterocycles. The minimum absolute atomic E-state index is 0. The Kier molecular flexibility index (Phi) is 12.9. The van der Waals surface area contributed by atoms with Gasteiger partial charge in [-0.1, -0.05) is 81.4 Å². The van der Waals surface area contributed by atoms with Crippen LogP contribution in [0.3, 0.4) is 0 Å². The van der Waals surface area contributed by atoms with Crippen LogP contribution in [0, 0.1) is 29.2 Å². The zero-order valence-electron chi connectivity index (χ0n) is 31.3. The number of aromatic nitrogens is 2. The number of aliphatic hydroxyl groups excluding tert-OH is 1. The van der Waals surface area contributed by atoms with Gasteiger partial charge in [0.05, 0.1) is 0 Å². The summed E-state index contributed by atoms with van der Waals surface area (Å²) in [5.41, 5.74) is 0.153. The van der Waals surface area contributed by atoms with Crippen LogP contribution in [0.2, 0.25) is 0 Å². The van der Waals surface area contributed by atoms with E-state index in [1.165, 1.54) is 24.5 Å². The Morgan fingerprint density at radius 3 is 1.87 bits per heavy atom.